The topological polar surface area (TPSA) is 26.3 Å². The summed E-state index contributed by atoms with van der Waals surface area (Å²) in [5.41, 5.74) is 0. The van der Waals surface area contributed by atoms with Crippen LogP contribution in [0.3, 0.4) is 0 Å². The van der Waals surface area contributed by atoms with Gasteiger partial charge in [0.05, 0.1) is 6.61 Å². The third-order valence-electron chi connectivity index (χ3n) is 2.98. The third kappa shape index (κ3) is 15.2. The average Bonchev–Trinajstić information content (AvgIpc) is 2.34. The Kier molecular flexibility index (Phi) is 13.6. The molecule has 0 aliphatic rings. The van der Waals surface area contributed by atoms with Gasteiger partial charge in [-0.2, -0.15) is 0 Å². The number of hydrogen-bond donors (Lipinski definition) is 0. The van der Waals surface area contributed by atoms with Crippen LogP contribution in [-0.4, -0.2) is 12.6 Å². The van der Waals surface area contributed by atoms with Crippen molar-refractivity contribution in [2.75, 3.05) is 6.61 Å². The molecule has 0 spiro atoms. The van der Waals surface area contributed by atoms with Crippen molar-refractivity contribution in [3.05, 3.63) is 12.2 Å². The molecule has 0 heterocycles. The number of ether oxygens (including phenoxy) is 1. The van der Waals surface area contributed by atoms with E-state index < -0.39 is 0 Å². The number of unbranched alkanes of at least 4 members (excludes halogenated alkanes) is 8. The van der Waals surface area contributed by atoms with E-state index in [0.717, 1.165) is 12.8 Å². The zero-order valence-corrected chi connectivity index (χ0v) is 12.2. The summed E-state index contributed by atoms with van der Waals surface area (Å²) in [6, 6.07) is 0. The van der Waals surface area contributed by atoms with Crippen LogP contribution in [-0.2, 0) is 9.53 Å². The minimum atomic E-state index is -0.188. The van der Waals surface area contributed by atoms with E-state index in [4.69, 9.17) is 4.74 Å². The lowest BCUT2D eigenvalue weighted by atomic mass is 10.1. The quantitative estimate of drug-likeness (QED) is 0.277. The van der Waals surface area contributed by atoms with Gasteiger partial charge in [-0.3, -0.25) is 4.79 Å². The van der Waals surface area contributed by atoms with Gasteiger partial charge in [-0.1, -0.05) is 64.0 Å². The molecule has 0 amide bonds. The maximum atomic E-state index is 10.5. The first kappa shape index (κ1) is 17.2. The Morgan fingerprint density at radius 3 is 2.06 bits per heavy atom. The SMILES string of the molecule is CCCCCCCCCCC=CCCOC(C)=O. The van der Waals surface area contributed by atoms with Crippen molar-refractivity contribution in [3.63, 3.8) is 0 Å². The van der Waals surface area contributed by atoms with Crippen LogP contribution < -0.4 is 0 Å². The van der Waals surface area contributed by atoms with Crippen LogP contribution >= 0.6 is 0 Å². The Hall–Kier alpha value is -0.790. The molecule has 0 fully saturated rings. The van der Waals surface area contributed by atoms with E-state index in [1.807, 2.05) is 0 Å². The molecule has 0 aliphatic heterocycles. The van der Waals surface area contributed by atoms with Crippen molar-refractivity contribution >= 4 is 5.97 Å². The highest BCUT2D eigenvalue weighted by Gasteiger charge is 1.91. The van der Waals surface area contributed by atoms with Crippen LogP contribution in [0.15, 0.2) is 12.2 Å². The van der Waals surface area contributed by atoms with Gasteiger partial charge < -0.3 is 4.74 Å². The zero-order chi connectivity index (χ0) is 13.5. The Labute approximate surface area is 113 Å². The highest BCUT2D eigenvalue weighted by atomic mass is 16.5. The smallest absolute Gasteiger partial charge is 0.302 e. The second-order valence-corrected chi connectivity index (χ2v) is 4.86. The molecule has 0 saturated carbocycles. The first-order chi connectivity index (χ1) is 8.77. The van der Waals surface area contributed by atoms with Crippen LogP contribution in [0.25, 0.3) is 0 Å². The molecule has 0 radical (unpaired) electrons. The van der Waals surface area contributed by atoms with Gasteiger partial charge in [0.15, 0.2) is 0 Å². The molecule has 0 saturated heterocycles. The van der Waals surface area contributed by atoms with Gasteiger partial charge in [-0.25, -0.2) is 0 Å². The molecular weight excluding hydrogens is 224 g/mol. The fourth-order valence-corrected chi connectivity index (χ4v) is 1.90. The zero-order valence-electron chi connectivity index (χ0n) is 12.2. The molecule has 18 heavy (non-hydrogen) atoms. The van der Waals surface area contributed by atoms with Crippen molar-refractivity contribution < 1.29 is 9.53 Å². The molecular formula is C16H30O2. The number of hydrogen-bond acceptors (Lipinski definition) is 2. The van der Waals surface area contributed by atoms with E-state index in [2.05, 4.69) is 19.1 Å². The second-order valence-electron chi connectivity index (χ2n) is 4.86. The van der Waals surface area contributed by atoms with Crippen LogP contribution in [0.2, 0.25) is 0 Å². The summed E-state index contributed by atoms with van der Waals surface area (Å²) in [5.74, 6) is -0.188. The molecule has 2 heteroatoms. The van der Waals surface area contributed by atoms with E-state index in [0.29, 0.717) is 6.61 Å². The molecule has 0 aliphatic carbocycles. The number of carbonyl (C=O) groups is 1. The first-order valence-corrected chi connectivity index (χ1v) is 7.55. The predicted octanol–water partition coefficient (Wildman–Crippen LogP) is 5.03. The molecule has 106 valence electrons. The maximum Gasteiger partial charge on any atom is 0.302 e. The molecule has 0 N–H and O–H groups in total. The number of carbonyl (C=O) groups excluding carboxylic acids is 1. The average molecular weight is 254 g/mol. The van der Waals surface area contributed by atoms with Gasteiger partial charge in [0, 0.05) is 6.92 Å². The molecule has 0 unspecified atom stereocenters. The standard InChI is InChI=1S/C16H30O2/c1-3-4-5-6-7-8-9-10-11-12-13-14-15-18-16(2)17/h12-13H,3-11,14-15H2,1-2H3. The fraction of sp³-hybridized carbons (Fsp3) is 0.812. The largest absolute Gasteiger partial charge is 0.466 e. The van der Waals surface area contributed by atoms with Crippen LogP contribution in [0, 0.1) is 0 Å². The normalized spacial score (nSPS) is 11.0. The summed E-state index contributed by atoms with van der Waals surface area (Å²) in [6.45, 7) is 4.22. The van der Waals surface area contributed by atoms with Gasteiger partial charge in [0.25, 0.3) is 0 Å². The molecule has 0 atom stereocenters. The highest BCUT2D eigenvalue weighted by molar-refractivity contribution is 5.65. The van der Waals surface area contributed by atoms with Crippen molar-refractivity contribution in [1.29, 1.82) is 0 Å². The van der Waals surface area contributed by atoms with Crippen molar-refractivity contribution in [2.24, 2.45) is 0 Å². The predicted molar refractivity (Wildman–Crippen MR) is 77.6 cm³/mol. The van der Waals surface area contributed by atoms with Gasteiger partial charge in [0.2, 0.25) is 0 Å². The van der Waals surface area contributed by atoms with E-state index in [1.165, 1.54) is 58.3 Å². The van der Waals surface area contributed by atoms with Gasteiger partial charge in [-0.05, 0) is 19.3 Å². The second kappa shape index (κ2) is 14.3. The van der Waals surface area contributed by atoms with Crippen molar-refractivity contribution in [3.8, 4) is 0 Å². The number of rotatable bonds is 12. The fourth-order valence-electron chi connectivity index (χ4n) is 1.90. The first-order valence-electron chi connectivity index (χ1n) is 7.55. The number of esters is 1. The molecule has 2 nitrogen and oxygen atoms in total. The Balaban J connectivity index is 3.06. The summed E-state index contributed by atoms with van der Waals surface area (Å²) in [4.78, 5) is 10.5. The lowest BCUT2D eigenvalue weighted by Gasteiger charge is -2.00. The van der Waals surface area contributed by atoms with Gasteiger partial charge in [-0.15, -0.1) is 0 Å². The Morgan fingerprint density at radius 1 is 0.889 bits per heavy atom. The Bertz CT molecular complexity index is 209. The van der Waals surface area contributed by atoms with E-state index in [1.54, 1.807) is 0 Å². The third-order valence-corrected chi connectivity index (χ3v) is 2.98. The highest BCUT2D eigenvalue weighted by Crippen LogP contribution is 2.09. The molecule has 0 aromatic rings. The molecule has 0 bridgehead atoms. The van der Waals surface area contributed by atoms with E-state index in [9.17, 15) is 4.79 Å². The lowest BCUT2D eigenvalue weighted by Crippen LogP contribution is -1.98. The Morgan fingerprint density at radius 2 is 1.44 bits per heavy atom. The maximum absolute atomic E-state index is 10.5. The van der Waals surface area contributed by atoms with Crippen LogP contribution in [0.5, 0.6) is 0 Å². The summed E-state index contributed by atoms with van der Waals surface area (Å²) in [6.07, 6.45) is 17.3. The molecule has 0 aromatic heterocycles. The molecule has 0 aromatic carbocycles. The van der Waals surface area contributed by atoms with E-state index in [-0.39, 0.29) is 5.97 Å². The summed E-state index contributed by atoms with van der Waals surface area (Å²) < 4.78 is 4.84. The summed E-state index contributed by atoms with van der Waals surface area (Å²) in [7, 11) is 0. The molecule has 0 rings (SSSR count). The van der Waals surface area contributed by atoms with E-state index >= 15 is 0 Å². The lowest BCUT2D eigenvalue weighted by molar-refractivity contribution is -0.140. The van der Waals surface area contributed by atoms with Crippen molar-refractivity contribution in [2.45, 2.75) is 78.1 Å². The van der Waals surface area contributed by atoms with Crippen molar-refractivity contribution in [1.82, 2.24) is 0 Å². The van der Waals surface area contributed by atoms with Gasteiger partial charge >= 0.3 is 5.97 Å². The van der Waals surface area contributed by atoms with Crippen LogP contribution in [0.4, 0.5) is 0 Å². The summed E-state index contributed by atoms with van der Waals surface area (Å²) >= 11 is 0. The minimum absolute atomic E-state index is 0.188. The monoisotopic (exact) mass is 254 g/mol. The number of allylic oxidation sites excluding steroid dienone is 1. The van der Waals surface area contributed by atoms with Crippen LogP contribution in [0.1, 0.15) is 78.1 Å². The minimum Gasteiger partial charge on any atom is -0.466 e. The summed E-state index contributed by atoms with van der Waals surface area (Å²) in [5, 5.41) is 0. The van der Waals surface area contributed by atoms with Gasteiger partial charge in [0.1, 0.15) is 0 Å².